The molecule has 248 valence electrons. The van der Waals surface area contributed by atoms with Gasteiger partial charge >= 0.3 is 24.1 Å². The third kappa shape index (κ3) is 20.6. The van der Waals surface area contributed by atoms with E-state index in [9.17, 15) is 28.5 Å². The number of carbonyl (C=O) groups is 5. The van der Waals surface area contributed by atoms with E-state index in [0.29, 0.717) is 32.1 Å². The van der Waals surface area contributed by atoms with Crippen molar-refractivity contribution in [2.75, 3.05) is 59.9 Å². The van der Waals surface area contributed by atoms with Crippen molar-refractivity contribution in [3.63, 3.8) is 0 Å². The van der Waals surface area contributed by atoms with Crippen LogP contribution in [0.2, 0.25) is 0 Å². The van der Waals surface area contributed by atoms with Gasteiger partial charge in [0, 0.05) is 38.2 Å². The molecule has 0 aromatic carbocycles. The van der Waals surface area contributed by atoms with Gasteiger partial charge in [-0.2, -0.15) is 0 Å². The minimum atomic E-state index is -2.21. The quantitative estimate of drug-likeness (QED) is 0.134. The maximum Gasteiger partial charge on any atom is 0.410 e. The lowest BCUT2D eigenvalue weighted by molar-refractivity contribution is -0.137. The molecule has 2 amide bonds. The van der Waals surface area contributed by atoms with E-state index in [1.54, 1.807) is 23.1 Å². The molecule has 2 aliphatic heterocycles. The van der Waals surface area contributed by atoms with Crippen molar-refractivity contribution < 1.29 is 47.5 Å². The molecule has 0 atom stereocenters. The standard InChI is InChI=1S/C14H23NO4.C11H19NO3.C5H11O3P/c1-14(2,3)19-13(17)15-9-7-11(8-10-15)5-6-12(16)18-4;1-11(2,3)15-10(14)12-6-4-9(8-13)5-7-12;1-8-5(6)4-9(2,3)7/h5-6,11H,7-10H2,1-4H3;8-9H,4-7H2,1-3H3;4H2,1-3H3/b6-5+;;. The fourth-order valence-corrected chi connectivity index (χ4v) is 4.55. The molecule has 0 bridgehead atoms. The molecule has 0 unspecified atom stereocenters. The summed E-state index contributed by atoms with van der Waals surface area (Å²) in [4.78, 5) is 58.8. The van der Waals surface area contributed by atoms with Gasteiger partial charge in [0.15, 0.2) is 0 Å². The van der Waals surface area contributed by atoms with Crippen molar-refractivity contribution in [1.82, 2.24) is 9.80 Å². The molecular formula is C30H53N2O10P. The fraction of sp³-hybridized carbons (Fsp3) is 0.767. The fourth-order valence-electron chi connectivity index (χ4n) is 3.80. The Labute approximate surface area is 257 Å². The number of aldehydes is 1. The second kappa shape index (κ2) is 18.7. The van der Waals surface area contributed by atoms with Crippen molar-refractivity contribution in [2.24, 2.45) is 11.8 Å². The number of nitrogens with zero attached hydrogens (tertiary/aromatic N) is 2. The molecule has 2 aliphatic rings. The highest BCUT2D eigenvalue weighted by Gasteiger charge is 2.27. The second-order valence-electron chi connectivity index (χ2n) is 12.9. The van der Waals surface area contributed by atoms with Gasteiger partial charge in [0.25, 0.3) is 0 Å². The summed E-state index contributed by atoms with van der Waals surface area (Å²) in [6.07, 6.45) is 6.99. The van der Waals surface area contributed by atoms with E-state index in [2.05, 4.69) is 9.47 Å². The van der Waals surface area contributed by atoms with E-state index < -0.39 is 24.3 Å². The first-order valence-corrected chi connectivity index (χ1v) is 17.3. The number of piperidine rings is 2. The van der Waals surface area contributed by atoms with Crippen molar-refractivity contribution in [1.29, 1.82) is 0 Å². The largest absolute Gasteiger partial charge is 0.469 e. The zero-order valence-electron chi connectivity index (χ0n) is 27.7. The number of methoxy groups -OCH3 is 2. The molecule has 2 saturated heterocycles. The topological polar surface area (TPSA) is 146 Å². The van der Waals surface area contributed by atoms with E-state index in [4.69, 9.17) is 9.47 Å². The summed E-state index contributed by atoms with van der Waals surface area (Å²) in [5, 5.41) is 0. The van der Waals surface area contributed by atoms with E-state index in [1.165, 1.54) is 20.3 Å². The molecule has 0 aromatic rings. The van der Waals surface area contributed by atoms with Gasteiger partial charge in [0.05, 0.1) is 27.5 Å². The van der Waals surface area contributed by atoms with Crippen molar-refractivity contribution >= 4 is 37.6 Å². The monoisotopic (exact) mass is 632 g/mol. The van der Waals surface area contributed by atoms with Gasteiger partial charge in [0.2, 0.25) is 0 Å². The van der Waals surface area contributed by atoms with E-state index in [-0.39, 0.29) is 30.2 Å². The first-order valence-electron chi connectivity index (χ1n) is 14.5. The molecule has 2 rings (SSSR count). The van der Waals surface area contributed by atoms with Gasteiger partial charge in [-0.1, -0.05) is 6.08 Å². The molecule has 13 heteroatoms. The Hall–Kier alpha value is -2.88. The van der Waals surface area contributed by atoms with Crippen LogP contribution in [0, 0.1) is 11.8 Å². The lowest BCUT2D eigenvalue weighted by atomic mass is 9.96. The maximum absolute atomic E-state index is 11.8. The number of likely N-dealkylation sites (tertiary alicyclic amines) is 2. The predicted octanol–water partition coefficient (Wildman–Crippen LogP) is 4.98. The van der Waals surface area contributed by atoms with Crippen LogP contribution in [0.1, 0.15) is 67.2 Å². The van der Waals surface area contributed by atoms with Crippen LogP contribution in [-0.4, -0.2) is 111 Å². The number of hydrogen-bond acceptors (Lipinski definition) is 10. The van der Waals surface area contributed by atoms with Crippen molar-refractivity contribution in [3.8, 4) is 0 Å². The molecule has 43 heavy (non-hydrogen) atoms. The van der Waals surface area contributed by atoms with Crippen LogP contribution in [-0.2, 0) is 37.9 Å². The van der Waals surface area contributed by atoms with E-state index in [1.807, 2.05) is 47.6 Å². The first kappa shape index (κ1) is 40.1. The second-order valence-corrected chi connectivity index (χ2v) is 16.4. The number of amides is 2. The summed E-state index contributed by atoms with van der Waals surface area (Å²) < 4.78 is 30.3. The summed E-state index contributed by atoms with van der Waals surface area (Å²) in [6, 6.07) is 0. The highest BCUT2D eigenvalue weighted by atomic mass is 31.2. The van der Waals surface area contributed by atoms with Gasteiger partial charge in [0.1, 0.15) is 17.5 Å². The third-order valence-electron chi connectivity index (χ3n) is 6.02. The number of carbonyl (C=O) groups excluding carboxylic acids is 5. The highest BCUT2D eigenvalue weighted by Crippen LogP contribution is 2.35. The number of ether oxygens (including phenoxy) is 4. The molecule has 0 saturated carbocycles. The maximum atomic E-state index is 11.8. The van der Waals surface area contributed by atoms with Gasteiger partial charge in [-0.25, -0.2) is 14.4 Å². The normalized spacial score (nSPS) is 16.6. The Morgan fingerprint density at radius 1 is 0.744 bits per heavy atom. The van der Waals surface area contributed by atoms with E-state index in [0.717, 1.165) is 32.0 Å². The molecule has 12 nitrogen and oxygen atoms in total. The summed E-state index contributed by atoms with van der Waals surface area (Å²) in [6.45, 7) is 16.8. The Kier molecular flexibility index (Phi) is 17.5. The minimum absolute atomic E-state index is 0.0451. The average Bonchev–Trinajstić information content (AvgIpc) is 2.90. The molecule has 0 spiro atoms. The summed E-state index contributed by atoms with van der Waals surface area (Å²) in [5.41, 5.74) is -0.905. The SMILES string of the molecule is CC(C)(C)OC(=O)N1CCC(C=O)CC1.COC(=O)/C=C/C1CCN(C(=O)OC(C)(C)C)CC1.COC(=O)CP(C)(C)=O. The zero-order chi connectivity index (χ0) is 33.4. The minimum Gasteiger partial charge on any atom is -0.469 e. The van der Waals surface area contributed by atoms with Crippen LogP contribution in [0.15, 0.2) is 12.2 Å². The van der Waals surface area contributed by atoms with Crippen LogP contribution in [0.5, 0.6) is 0 Å². The van der Waals surface area contributed by atoms with Crippen LogP contribution in [0.25, 0.3) is 0 Å². The van der Waals surface area contributed by atoms with E-state index >= 15 is 0 Å². The summed E-state index contributed by atoms with van der Waals surface area (Å²) >= 11 is 0. The molecule has 0 radical (unpaired) electrons. The smallest absolute Gasteiger partial charge is 0.410 e. The third-order valence-corrected chi connectivity index (χ3v) is 7.04. The van der Waals surface area contributed by atoms with Crippen LogP contribution < -0.4 is 0 Å². The lowest BCUT2D eigenvalue weighted by Gasteiger charge is -2.32. The van der Waals surface area contributed by atoms with Crippen molar-refractivity contribution in [2.45, 2.75) is 78.4 Å². The number of rotatable bonds is 5. The van der Waals surface area contributed by atoms with Crippen LogP contribution >= 0.6 is 7.14 Å². The van der Waals surface area contributed by atoms with Gasteiger partial charge < -0.3 is 38.1 Å². The summed E-state index contributed by atoms with van der Waals surface area (Å²) in [7, 11) is 0.436. The predicted molar refractivity (Wildman–Crippen MR) is 165 cm³/mol. The Bertz CT molecular complexity index is 978. The van der Waals surface area contributed by atoms with Gasteiger partial charge in [-0.15, -0.1) is 0 Å². The number of allylic oxidation sites excluding steroid dienone is 1. The Morgan fingerprint density at radius 3 is 1.42 bits per heavy atom. The zero-order valence-corrected chi connectivity index (χ0v) is 28.6. The average molecular weight is 633 g/mol. The highest BCUT2D eigenvalue weighted by molar-refractivity contribution is 7.63. The molecule has 2 heterocycles. The van der Waals surface area contributed by atoms with Crippen LogP contribution in [0.3, 0.4) is 0 Å². The van der Waals surface area contributed by atoms with Gasteiger partial charge in [-0.3, -0.25) is 4.79 Å². The Balaban J connectivity index is 0.000000656. The van der Waals surface area contributed by atoms with Crippen LogP contribution in [0.4, 0.5) is 9.59 Å². The molecule has 2 fully saturated rings. The molecule has 0 N–H and O–H groups in total. The Morgan fingerprint density at radius 2 is 1.14 bits per heavy atom. The molecule has 0 aliphatic carbocycles. The van der Waals surface area contributed by atoms with Crippen molar-refractivity contribution in [3.05, 3.63) is 12.2 Å². The number of esters is 2. The first-order chi connectivity index (χ1) is 19.7. The summed E-state index contributed by atoms with van der Waals surface area (Å²) in [5.74, 6) is -0.306. The van der Waals surface area contributed by atoms with Gasteiger partial charge in [-0.05, 0) is 86.5 Å². The lowest BCUT2D eigenvalue weighted by Crippen LogP contribution is -2.41. The molecule has 0 aromatic heterocycles. The number of hydrogen-bond donors (Lipinski definition) is 0. The molecular weight excluding hydrogens is 579 g/mol.